The van der Waals surface area contributed by atoms with Gasteiger partial charge in [0.15, 0.2) is 0 Å². The molecular weight excluding hydrogens is 244 g/mol. The van der Waals surface area contributed by atoms with Gasteiger partial charge in [-0.25, -0.2) is 0 Å². The molecule has 0 saturated carbocycles. The minimum atomic E-state index is 0.869. The molecule has 1 N–H and O–H groups in total. The zero-order chi connectivity index (χ0) is 14.3. The average Bonchev–Trinajstić information content (AvgIpc) is 2.43. The SMILES string of the molecule is [N-]=[N+]=N.[N-]=[N+]=[N-].c1ccc(Oc2ccccc2)cc1. The van der Waals surface area contributed by atoms with Gasteiger partial charge in [-0.05, 0) is 34.7 Å². The number of rotatable bonds is 2. The standard InChI is InChI=1S/C12H10O.HN3.N3/c1-3-7-11(8-4-1)13-12-9-5-2-6-10-12;2*1-3-2/h1-10H;1H;/q;;-1. The molecule has 0 heterocycles. The van der Waals surface area contributed by atoms with Crippen molar-refractivity contribution in [2.75, 3.05) is 0 Å². The van der Waals surface area contributed by atoms with Gasteiger partial charge >= 0.3 is 0 Å². The molecule has 0 amide bonds. The molecule has 0 fully saturated rings. The number of para-hydroxylation sites is 2. The van der Waals surface area contributed by atoms with Gasteiger partial charge in [-0.2, -0.15) is 0 Å². The third-order valence-electron chi connectivity index (χ3n) is 1.72. The second kappa shape index (κ2) is 11.3. The summed E-state index contributed by atoms with van der Waals surface area (Å²) in [7, 11) is 0. The summed E-state index contributed by atoms with van der Waals surface area (Å²) in [5.41, 5.74) is 25.8. The fraction of sp³-hybridized carbons (Fsp3) is 0. The highest BCUT2D eigenvalue weighted by molar-refractivity contribution is 5.30. The summed E-state index contributed by atoms with van der Waals surface area (Å²) in [6.07, 6.45) is 0. The van der Waals surface area contributed by atoms with E-state index in [1.807, 2.05) is 60.7 Å². The van der Waals surface area contributed by atoms with Gasteiger partial charge in [-0.3, -0.25) is 4.91 Å². The van der Waals surface area contributed by atoms with E-state index in [1.54, 1.807) is 4.91 Å². The molecular formula is C12H11N6O-. The van der Waals surface area contributed by atoms with Crippen LogP contribution in [0.3, 0.4) is 0 Å². The molecule has 0 aliphatic carbocycles. The van der Waals surface area contributed by atoms with Crippen LogP contribution in [0, 0.1) is 5.53 Å². The van der Waals surface area contributed by atoms with Gasteiger partial charge < -0.3 is 15.8 Å². The third kappa shape index (κ3) is 8.65. The average molecular weight is 255 g/mol. The van der Waals surface area contributed by atoms with Crippen molar-refractivity contribution >= 4 is 0 Å². The number of hydrogen-bond donors (Lipinski definition) is 1. The van der Waals surface area contributed by atoms with Crippen molar-refractivity contribution in [3.05, 3.63) is 87.1 Å². The highest BCUT2D eigenvalue weighted by Gasteiger charge is 1.92. The lowest BCUT2D eigenvalue weighted by atomic mass is 10.3. The van der Waals surface area contributed by atoms with Gasteiger partial charge in [-0.15, -0.1) is 5.53 Å². The molecule has 7 heteroatoms. The van der Waals surface area contributed by atoms with Crippen LogP contribution in [0.2, 0.25) is 0 Å². The Hall–Kier alpha value is -3.14. The van der Waals surface area contributed by atoms with Crippen LogP contribution >= 0.6 is 0 Å². The van der Waals surface area contributed by atoms with E-state index in [9.17, 15) is 0 Å². The Balaban J connectivity index is 0.000000465. The lowest BCUT2D eigenvalue weighted by molar-refractivity contribution is 0.482. The molecule has 0 aromatic heterocycles. The van der Waals surface area contributed by atoms with Gasteiger partial charge in [0.2, 0.25) is 0 Å². The van der Waals surface area contributed by atoms with Gasteiger partial charge in [0.05, 0.1) is 0 Å². The number of benzene rings is 2. The molecule has 0 aliphatic heterocycles. The first-order valence-electron chi connectivity index (χ1n) is 5.05. The van der Waals surface area contributed by atoms with E-state index >= 15 is 0 Å². The van der Waals surface area contributed by atoms with E-state index in [4.69, 9.17) is 26.9 Å². The summed E-state index contributed by atoms with van der Waals surface area (Å²) in [5.74, 6) is 1.74. The van der Waals surface area contributed by atoms with Crippen LogP contribution in [0.25, 0.3) is 26.4 Å². The van der Waals surface area contributed by atoms with Crippen LogP contribution < -0.4 is 4.74 Å². The zero-order valence-electron chi connectivity index (χ0n) is 9.92. The van der Waals surface area contributed by atoms with Gasteiger partial charge in [0, 0.05) is 0 Å². The van der Waals surface area contributed by atoms with Crippen molar-refractivity contribution in [1.29, 1.82) is 5.53 Å². The second-order valence-electron chi connectivity index (χ2n) is 2.92. The van der Waals surface area contributed by atoms with E-state index in [0.717, 1.165) is 11.5 Å². The van der Waals surface area contributed by atoms with Crippen LogP contribution in [0.15, 0.2) is 60.7 Å². The predicted molar refractivity (Wildman–Crippen MR) is 72.5 cm³/mol. The monoisotopic (exact) mass is 255 g/mol. The largest absolute Gasteiger partial charge is 0.457 e. The minimum absolute atomic E-state index is 0.869. The summed E-state index contributed by atoms with van der Waals surface area (Å²) in [5, 5.41) is 0. The number of nitrogens with one attached hydrogen (secondary N) is 1. The van der Waals surface area contributed by atoms with Crippen molar-refractivity contribution in [2.24, 2.45) is 0 Å². The molecule has 2 aromatic rings. The summed E-state index contributed by atoms with van der Waals surface area (Å²) < 4.78 is 5.58. The number of ether oxygens (including phenoxy) is 1. The van der Waals surface area contributed by atoms with Crippen LogP contribution in [0.1, 0.15) is 0 Å². The molecule has 2 aromatic carbocycles. The Morgan fingerprint density at radius 2 is 1.00 bits per heavy atom. The number of nitrogens with zero attached hydrogens (tertiary/aromatic N) is 5. The van der Waals surface area contributed by atoms with E-state index in [1.165, 1.54) is 4.91 Å². The Morgan fingerprint density at radius 1 is 0.737 bits per heavy atom. The molecule has 0 atom stereocenters. The molecule has 19 heavy (non-hydrogen) atoms. The predicted octanol–water partition coefficient (Wildman–Crippen LogP) is 5.22. The molecule has 0 radical (unpaired) electrons. The third-order valence-corrected chi connectivity index (χ3v) is 1.72. The normalized spacial score (nSPS) is 7.37. The zero-order valence-corrected chi connectivity index (χ0v) is 9.92. The molecule has 0 bridgehead atoms. The van der Waals surface area contributed by atoms with E-state index in [0.29, 0.717) is 0 Å². The Labute approximate surface area is 109 Å². The number of hydrogen-bond acceptors (Lipinski definition) is 2. The fourth-order valence-corrected chi connectivity index (χ4v) is 1.11. The van der Waals surface area contributed by atoms with Crippen LogP contribution in [0.4, 0.5) is 0 Å². The molecule has 7 nitrogen and oxygen atoms in total. The Bertz CT molecular complexity index is 467. The second-order valence-corrected chi connectivity index (χ2v) is 2.92. The van der Waals surface area contributed by atoms with Gasteiger partial charge in [0.1, 0.15) is 11.5 Å². The van der Waals surface area contributed by atoms with E-state index in [2.05, 4.69) is 0 Å². The summed E-state index contributed by atoms with van der Waals surface area (Å²) in [6.45, 7) is 0. The minimum Gasteiger partial charge on any atom is -0.457 e. The lowest BCUT2D eigenvalue weighted by Gasteiger charge is -2.03. The van der Waals surface area contributed by atoms with Crippen LogP contribution in [-0.2, 0) is 0 Å². The summed E-state index contributed by atoms with van der Waals surface area (Å²) in [6, 6.07) is 19.5. The maximum absolute atomic E-state index is 6.86. The van der Waals surface area contributed by atoms with Crippen molar-refractivity contribution < 1.29 is 4.74 Å². The molecule has 2 rings (SSSR count). The molecule has 96 valence electrons. The maximum atomic E-state index is 6.86. The molecule has 0 unspecified atom stereocenters. The molecule has 0 saturated heterocycles. The summed E-state index contributed by atoms with van der Waals surface area (Å²) >= 11 is 0. The first-order valence-corrected chi connectivity index (χ1v) is 5.05. The van der Waals surface area contributed by atoms with Crippen LogP contribution in [-0.4, -0.2) is 0 Å². The first-order chi connectivity index (χ1) is 9.28. The van der Waals surface area contributed by atoms with Crippen molar-refractivity contribution in [1.82, 2.24) is 0 Å². The topological polar surface area (TPSA) is 128 Å². The fourth-order valence-electron chi connectivity index (χ4n) is 1.11. The van der Waals surface area contributed by atoms with Gasteiger partial charge in [-0.1, -0.05) is 36.4 Å². The Kier molecular flexibility index (Phi) is 9.47. The summed E-state index contributed by atoms with van der Waals surface area (Å²) in [4.78, 5) is 3.25. The molecule has 0 spiro atoms. The Morgan fingerprint density at radius 3 is 1.26 bits per heavy atom. The highest BCUT2D eigenvalue weighted by atomic mass is 16.5. The first kappa shape index (κ1) is 15.9. The lowest BCUT2D eigenvalue weighted by Crippen LogP contribution is -1.81. The van der Waals surface area contributed by atoms with Crippen molar-refractivity contribution in [2.45, 2.75) is 0 Å². The smallest absolute Gasteiger partial charge is 0.127 e. The van der Waals surface area contributed by atoms with Crippen molar-refractivity contribution in [3.63, 3.8) is 0 Å². The quantitative estimate of drug-likeness (QED) is 0.440. The van der Waals surface area contributed by atoms with Crippen LogP contribution in [0.5, 0.6) is 11.5 Å². The van der Waals surface area contributed by atoms with E-state index < -0.39 is 0 Å². The van der Waals surface area contributed by atoms with Gasteiger partial charge in [0.25, 0.3) is 0 Å². The highest BCUT2D eigenvalue weighted by Crippen LogP contribution is 2.19. The van der Waals surface area contributed by atoms with Crippen molar-refractivity contribution in [3.8, 4) is 11.5 Å². The van der Waals surface area contributed by atoms with E-state index in [-0.39, 0.29) is 0 Å². The molecule has 0 aliphatic rings. The maximum Gasteiger partial charge on any atom is 0.127 e.